The molecular weight excluding hydrogens is 248 g/mol. The van der Waals surface area contributed by atoms with E-state index in [1.54, 1.807) is 0 Å². The van der Waals surface area contributed by atoms with Crippen molar-refractivity contribution in [3.63, 3.8) is 0 Å². The number of hydrogen-bond acceptors (Lipinski definition) is 2. The molecule has 0 saturated carbocycles. The van der Waals surface area contributed by atoms with Gasteiger partial charge in [-0.1, -0.05) is 24.3 Å². The summed E-state index contributed by atoms with van der Waals surface area (Å²) in [7, 11) is 1.87. The van der Waals surface area contributed by atoms with Gasteiger partial charge in [0.1, 0.15) is 12.4 Å². The van der Waals surface area contributed by atoms with Crippen LogP contribution in [-0.4, -0.2) is 7.05 Å². The lowest BCUT2D eigenvalue weighted by Gasteiger charge is -2.11. The van der Waals surface area contributed by atoms with Gasteiger partial charge in [0.25, 0.3) is 0 Å². The molecular formula is C15H15F2NO. The second-order valence-electron chi connectivity index (χ2n) is 4.16. The van der Waals surface area contributed by atoms with E-state index in [9.17, 15) is 8.78 Å². The van der Waals surface area contributed by atoms with Crippen molar-refractivity contribution in [2.24, 2.45) is 0 Å². The number of benzene rings is 2. The highest BCUT2D eigenvalue weighted by Gasteiger charge is 2.05. The number of ether oxygens (including phenoxy) is 1. The molecule has 0 heterocycles. The fourth-order valence-corrected chi connectivity index (χ4v) is 1.79. The van der Waals surface area contributed by atoms with Gasteiger partial charge in [0.05, 0.1) is 0 Å². The van der Waals surface area contributed by atoms with Gasteiger partial charge in [-0.2, -0.15) is 0 Å². The molecule has 0 fully saturated rings. The molecule has 0 unspecified atom stereocenters. The molecule has 2 aromatic carbocycles. The van der Waals surface area contributed by atoms with Crippen molar-refractivity contribution in [3.8, 4) is 5.75 Å². The lowest BCUT2D eigenvalue weighted by atomic mass is 10.1. The number of hydrogen-bond donors (Lipinski definition) is 1. The summed E-state index contributed by atoms with van der Waals surface area (Å²) in [6.45, 7) is 1.06. The highest BCUT2D eigenvalue weighted by molar-refractivity contribution is 5.28. The van der Waals surface area contributed by atoms with E-state index in [1.165, 1.54) is 6.07 Å². The van der Waals surface area contributed by atoms with Crippen LogP contribution in [0.15, 0.2) is 42.5 Å². The molecule has 0 aliphatic rings. The van der Waals surface area contributed by atoms with Crippen LogP contribution in [0.3, 0.4) is 0 Å². The van der Waals surface area contributed by atoms with Gasteiger partial charge in [-0.3, -0.25) is 0 Å². The van der Waals surface area contributed by atoms with Crippen LogP contribution in [0, 0.1) is 11.6 Å². The Morgan fingerprint density at radius 2 is 1.74 bits per heavy atom. The maximum atomic E-state index is 13.0. The molecule has 0 atom stereocenters. The molecule has 0 radical (unpaired) electrons. The maximum absolute atomic E-state index is 13.0. The predicted octanol–water partition coefficient (Wildman–Crippen LogP) is 3.26. The van der Waals surface area contributed by atoms with Crippen LogP contribution in [0.25, 0.3) is 0 Å². The van der Waals surface area contributed by atoms with Crippen LogP contribution < -0.4 is 10.1 Å². The zero-order valence-corrected chi connectivity index (χ0v) is 10.6. The van der Waals surface area contributed by atoms with Gasteiger partial charge in [-0.05, 0) is 30.3 Å². The van der Waals surface area contributed by atoms with Gasteiger partial charge in [0.15, 0.2) is 11.6 Å². The highest BCUT2D eigenvalue weighted by atomic mass is 19.2. The van der Waals surface area contributed by atoms with Gasteiger partial charge in [0, 0.05) is 12.6 Å². The Balaban J connectivity index is 2.07. The van der Waals surface area contributed by atoms with Crippen molar-refractivity contribution in [2.45, 2.75) is 13.2 Å². The maximum Gasteiger partial charge on any atom is 0.162 e. The van der Waals surface area contributed by atoms with Crippen molar-refractivity contribution in [1.82, 2.24) is 5.32 Å². The summed E-state index contributed by atoms with van der Waals surface area (Å²) >= 11 is 0. The molecule has 2 nitrogen and oxygen atoms in total. The summed E-state index contributed by atoms with van der Waals surface area (Å²) < 4.78 is 31.3. The first-order valence-corrected chi connectivity index (χ1v) is 6.00. The van der Waals surface area contributed by atoms with Gasteiger partial charge >= 0.3 is 0 Å². The first kappa shape index (κ1) is 13.5. The number of nitrogens with one attached hydrogen (secondary N) is 1. The Kier molecular flexibility index (Phi) is 4.47. The largest absolute Gasteiger partial charge is 0.489 e. The SMILES string of the molecule is CNCc1ccccc1COc1ccc(F)c(F)c1. The summed E-state index contributed by atoms with van der Waals surface area (Å²) in [6, 6.07) is 11.4. The third-order valence-electron chi connectivity index (χ3n) is 2.77. The van der Waals surface area contributed by atoms with Crippen LogP contribution in [0.4, 0.5) is 8.78 Å². The lowest BCUT2D eigenvalue weighted by molar-refractivity contribution is 0.302. The topological polar surface area (TPSA) is 21.3 Å². The van der Waals surface area contributed by atoms with Crippen LogP contribution in [-0.2, 0) is 13.2 Å². The van der Waals surface area contributed by atoms with Gasteiger partial charge in [0.2, 0.25) is 0 Å². The third kappa shape index (κ3) is 3.51. The summed E-state index contributed by atoms with van der Waals surface area (Å²) in [4.78, 5) is 0. The Labute approximate surface area is 111 Å². The molecule has 19 heavy (non-hydrogen) atoms. The minimum absolute atomic E-state index is 0.318. The predicted molar refractivity (Wildman–Crippen MR) is 69.9 cm³/mol. The molecule has 0 amide bonds. The van der Waals surface area contributed by atoms with E-state index in [2.05, 4.69) is 5.32 Å². The standard InChI is InChI=1S/C15H15F2NO/c1-18-9-11-4-2-3-5-12(11)10-19-13-6-7-14(16)15(17)8-13/h2-8,18H,9-10H2,1H3. The van der Waals surface area contributed by atoms with Crippen molar-refractivity contribution in [1.29, 1.82) is 0 Å². The summed E-state index contributed by atoms with van der Waals surface area (Å²) in [6.07, 6.45) is 0. The van der Waals surface area contributed by atoms with Gasteiger partial charge in [-0.25, -0.2) is 8.78 Å². The normalized spacial score (nSPS) is 10.5. The van der Waals surface area contributed by atoms with Crippen LogP contribution >= 0.6 is 0 Å². The Morgan fingerprint density at radius 1 is 1.00 bits per heavy atom. The van der Waals surface area contributed by atoms with Crippen LogP contribution in [0.5, 0.6) is 5.75 Å². The number of halogens is 2. The first-order chi connectivity index (χ1) is 9.20. The molecule has 0 saturated heterocycles. The minimum Gasteiger partial charge on any atom is -0.489 e. The second-order valence-corrected chi connectivity index (χ2v) is 4.16. The third-order valence-corrected chi connectivity index (χ3v) is 2.77. The van der Waals surface area contributed by atoms with Gasteiger partial charge in [-0.15, -0.1) is 0 Å². The Bertz CT molecular complexity index is 558. The molecule has 0 spiro atoms. The molecule has 0 aromatic heterocycles. The molecule has 1 N–H and O–H groups in total. The fraction of sp³-hybridized carbons (Fsp3) is 0.200. The first-order valence-electron chi connectivity index (χ1n) is 6.00. The molecule has 2 aromatic rings. The average Bonchev–Trinajstić information content (AvgIpc) is 2.42. The van der Waals surface area contributed by atoms with E-state index in [1.807, 2.05) is 31.3 Å². The van der Waals surface area contributed by atoms with Crippen LogP contribution in [0.1, 0.15) is 11.1 Å². The van der Waals surface area contributed by atoms with E-state index in [-0.39, 0.29) is 0 Å². The monoisotopic (exact) mass is 263 g/mol. The van der Waals surface area contributed by atoms with E-state index < -0.39 is 11.6 Å². The van der Waals surface area contributed by atoms with Crippen molar-refractivity contribution in [2.75, 3.05) is 7.05 Å². The van der Waals surface area contributed by atoms with Gasteiger partial charge < -0.3 is 10.1 Å². The zero-order chi connectivity index (χ0) is 13.7. The van der Waals surface area contributed by atoms with Crippen molar-refractivity contribution >= 4 is 0 Å². The van der Waals surface area contributed by atoms with E-state index >= 15 is 0 Å². The molecule has 2 rings (SSSR count). The molecule has 100 valence electrons. The summed E-state index contributed by atoms with van der Waals surface area (Å²) in [5, 5.41) is 3.07. The van der Waals surface area contributed by atoms with E-state index in [0.29, 0.717) is 12.4 Å². The molecule has 0 aliphatic heterocycles. The summed E-state index contributed by atoms with van der Waals surface area (Å²) in [5.74, 6) is -1.46. The highest BCUT2D eigenvalue weighted by Crippen LogP contribution is 2.18. The Hall–Kier alpha value is -1.94. The summed E-state index contributed by atoms with van der Waals surface area (Å²) in [5.41, 5.74) is 2.13. The fourth-order valence-electron chi connectivity index (χ4n) is 1.79. The Morgan fingerprint density at radius 3 is 2.42 bits per heavy atom. The second kappa shape index (κ2) is 6.29. The quantitative estimate of drug-likeness (QED) is 0.894. The van der Waals surface area contributed by atoms with Crippen molar-refractivity contribution < 1.29 is 13.5 Å². The average molecular weight is 263 g/mol. The van der Waals surface area contributed by atoms with Crippen molar-refractivity contribution in [3.05, 3.63) is 65.2 Å². The smallest absolute Gasteiger partial charge is 0.162 e. The van der Waals surface area contributed by atoms with E-state index in [0.717, 1.165) is 29.8 Å². The lowest BCUT2D eigenvalue weighted by Crippen LogP contribution is -2.09. The van der Waals surface area contributed by atoms with E-state index in [4.69, 9.17) is 4.74 Å². The minimum atomic E-state index is -0.902. The zero-order valence-electron chi connectivity index (χ0n) is 10.6. The molecule has 0 aliphatic carbocycles. The molecule has 0 bridgehead atoms. The number of rotatable bonds is 5. The molecule has 4 heteroatoms. The van der Waals surface area contributed by atoms with Crippen LogP contribution in [0.2, 0.25) is 0 Å².